The second kappa shape index (κ2) is 5.78. The molecule has 0 saturated heterocycles. The summed E-state index contributed by atoms with van der Waals surface area (Å²) in [4.78, 5) is 1.03. The van der Waals surface area contributed by atoms with Gasteiger partial charge in [-0.15, -0.1) is 12.6 Å². The minimum atomic E-state index is 0.682. The summed E-state index contributed by atoms with van der Waals surface area (Å²) in [7, 11) is 0. The van der Waals surface area contributed by atoms with Crippen molar-refractivity contribution in [1.29, 1.82) is 0 Å². The van der Waals surface area contributed by atoms with E-state index in [0.29, 0.717) is 6.61 Å². The van der Waals surface area contributed by atoms with E-state index in [1.165, 1.54) is 11.1 Å². The molecule has 0 radical (unpaired) electrons. The summed E-state index contributed by atoms with van der Waals surface area (Å²) in [5.41, 5.74) is 2.50. The zero-order valence-corrected chi connectivity index (χ0v) is 10.8. The molecule has 0 heterocycles. The summed E-state index contributed by atoms with van der Waals surface area (Å²) in [6.07, 6.45) is 0.884. The van der Waals surface area contributed by atoms with Crippen LogP contribution in [0.3, 0.4) is 0 Å². The molecule has 0 aromatic heterocycles. The van der Waals surface area contributed by atoms with Crippen molar-refractivity contribution < 1.29 is 4.74 Å². The molecule has 1 nitrogen and oxygen atoms in total. The zero-order valence-electron chi connectivity index (χ0n) is 9.89. The molecule has 0 aliphatic carbocycles. The molecule has 0 amide bonds. The third-order valence-corrected chi connectivity index (χ3v) is 3.05. The minimum absolute atomic E-state index is 0.682. The van der Waals surface area contributed by atoms with Crippen molar-refractivity contribution in [2.24, 2.45) is 0 Å². The fourth-order valence-corrected chi connectivity index (χ4v) is 1.96. The molecule has 0 atom stereocenters. The van der Waals surface area contributed by atoms with Crippen molar-refractivity contribution in [2.45, 2.75) is 18.2 Å². The van der Waals surface area contributed by atoms with Crippen LogP contribution >= 0.6 is 12.6 Å². The van der Waals surface area contributed by atoms with Crippen LogP contribution in [-0.4, -0.2) is 6.61 Å². The molecule has 0 aliphatic rings. The Balaban J connectivity index is 1.92. The predicted octanol–water partition coefficient (Wildman–Crippen LogP) is 3.91. The molecule has 2 heteroatoms. The van der Waals surface area contributed by atoms with E-state index in [-0.39, 0.29) is 0 Å². The second-order valence-electron chi connectivity index (χ2n) is 4.04. The zero-order chi connectivity index (χ0) is 12.1. The number of hydrogen-bond donors (Lipinski definition) is 1. The van der Waals surface area contributed by atoms with Crippen LogP contribution < -0.4 is 4.74 Å². The summed E-state index contributed by atoms with van der Waals surface area (Å²) in [6, 6.07) is 16.2. The van der Waals surface area contributed by atoms with E-state index in [0.717, 1.165) is 17.1 Å². The van der Waals surface area contributed by atoms with Crippen LogP contribution in [-0.2, 0) is 6.42 Å². The van der Waals surface area contributed by atoms with Crippen molar-refractivity contribution in [3.8, 4) is 5.75 Å². The van der Waals surface area contributed by atoms with Crippen molar-refractivity contribution in [1.82, 2.24) is 0 Å². The Labute approximate surface area is 108 Å². The number of thiol groups is 1. The number of benzene rings is 2. The van der Waals surface area contributed by atoms with Gasteiger partial charge in [-0.05, 0) is 30.7 Å². The molecule has 88 valence electrons. The molecule has 2 rings (SSSR count). The first-order valence-electron chi connectivity index (χ1n) is 5.72. The Morgan fingerprint density at radius 3 is 2.59 bits per heavy atom. The normalized spacial score (nSPS) is 10.2. The van der Waals surface area contributed by atoms with Crippen LogP contribution in [0.5, 0.6) is 5.75 Å². The van der Waals surface area contributed by atoms with Gasteiger partial charge in [0, 0.05) is 11.3 Å². The van der Waals surface area contributed by atoms with Gasteiger partial charge in [-0.25, -0.2) is 0 Å². The van der Waals surface area contributed by atoms with E-state index < -0.39 is 0 Å². The first-order valence-corrected chi connectivity index (χ1v) is 6.17. The van der Waals surface area contributed by atoms with Crippen LogP contribution in [0.25, 0.3) is 0 Å². The van der Waals surface area contributed by atoms with Crippen molar-refractivity contribution in [3.63, 3.8) is 0 Å². The highest BCUT2D eigenvalue weighted by atomic mass is 32.1. The van der Waals surface area contributed by atoms with Crippen LogP contribution in [0, 0.1) is 6.92 Å². The molecule has 0 aliphatic heterocycles. The lowest BCUT2D eigenvalue weighted by molar-refractivity contribution is 0.321. The topological polar surface area (TPSA) is 9.23 Å². The fraction of sp³-hybridized carbons (Fsp3) is 0.200. The Bertz CT molecular complexity index is 480. The first kappa shape index (κ1) is 12.1. The standard InChI is InChI=1S/C15H16OS/c1-12-7-8-15(17)13(11-12)9-10-16-14-5-3-2-4-6-14/h2-8,11,17H,9-10H2,1H3. The Kier molecular flexibility index (Phi) is 4.10. The smallest absolute Gasteiger partial charge is 0.119 e. The molecule has 0 spiro atoms. The highest BCUT2D eigenvalue weighted by Gasteiger charge is 2.00. The van der Waals surface area contributed by atoms with Gasteiger partial charge in [0.2, 0.25) is 0 Å². The molecule has 0 bridgehead atoms. The van der Waals surface area contributed by atoms with Gasteiger partial charge in [-0.2, -0.15) is 0 Å². The van der Waals surface area contributed by atoms with Gasteiger partial charge in [-0.3, -0.25) is 0 Å². The van der Waals surface area contributed by atoms with E-state index in [1.54, 1.807) is 0 Å². The monoisotopic (exact) mass is 244 g/mol. The molecular formula is C15H16OS. The maximum Gasteiger partial charge on any atom is 0.119 e. The Morgan fingerprint density at radius 1 is 1.06 bits per heavy atom. The van der Waals surface area contributed by atoms with Crippen LogP contribution in [0.15, 0.2) is 53.4 Å². The third-order valence-electron chi connectivity index (χ3n) is 2.62. The molecule has 2 aromatic rings. The largest absolute Gasteiger partial charge is 0.493 e. The summed E-state index contributed by atoms with van der Waals surface area (Å²) >= 11 is 4.45. The van der Waals surface area contributed by atoms with E-state index in [4.69, 9.17) is 4.74 Å². The summed E-state index contributed by atoms with van der Waals surface area (Å²) in [6.45, 7) is 2.77. The lowest BCUT2D eigenvalue weighted by atomic mass is 10.1. The number of ether oxygens (including phenoxy) is 1. The van der Waals surface area contributed by atoms with Crippen molar-refractivity contribution in [3.05, 3.63) is 59.7 Å². The average Bonchev–Trinajstić information content (AvgIpc) is 2.35. The molecule has 17 heavy (non-hydrogen) atoms. The quantitative estimate of drug-likeness (QED) is 0.802. The van der Waals surface area contributed by atoms with Crippen molar-refractivity contribution >= 4 is 12.6 Å². The number of hydrogen-bond acceptors (Lipinski definition) is 2. The van der Waals surface area contributed by atoms with Crippen molar-refractivity contribution in [2.75, 3.05) is 6.61 Å². The van der Waals surface area contributed by atoms with Gasteiger partial charge in [0.1, 0.15) is 5.75 Å². The summed E-state index contributed by atoms with van der Waals surface area (Å²) < 4.78 is 5.67. The summed E-state index contributed by atoms with van der Waals surface area (Å²) in [5.74, 6) is 0.917. The molecule has 0 N–H and O–H groups in total. The lowest BCUT2D eigenvalue weighted by Crippen LogP contribution is -2.02. The molecule has 2 aromatic carbocycles. The molecule has 0 unspecified atom stereocenters. The van der Waals surface area contributed by atoms with E-state index in [1.807, 2.05) is 36.4 Å². The lowest BCUT2D eigenvalue weighted by Gasteiger charge is -2.08. The number of rotatable bonds is 4. The van der Waals surface area contributed by atoms with Crippen LogP contribution in [0.1, 0.15) is 11.1 Å². The van der Waals surface area contributed by atoms with Crippen LogP contribution in [0.4, 0.5) is 0 Å². The number of para-hydroxylation sites is 1. The van der Waals surface area contributed by atoms with Gasteiger partial charge in [0.15, 0.2) is 0 Å². The van der Waals surface area contributed by atoms with Gasteiger partial charge in [0.25, 0.3) is 0 Å². The minimum Gasteiger partial charge on any atom is -0.493 e. The Morgan fingerprint density at radius 2 is 1.82 bits per heavy atom. The van der Waals surface area contributed by atoms with Gasteiger partial charge in [0.05, 0.1) is 6.61 Å². The van der Waals surface area contributed by atoms with Gasteiger partial charge < -0.3 is 4.74 Å². The van der Waals surface area contributed by atoms with E-state index in [9.17, 15) is 0 Å². The predicted molar refractivity (Wildman–Crippen MR) is 74.1 cm³/mol. The third kappa shape index (κ3) is 3.53. The summed E-state index contributed by atoms with van der Waals surface area (Å²) in [5, 5.41) is 0. The highest BCUT2D eigenvalue weighted by molar-refractivity contribution is 7.80. The second-order valence-corrected chi connectivity index (χ2v) is 4.53. The molecule has 0 saturated carbocycles. The van der Waals surface area contributed by atoms with Gasteiger partial charge >= 0.3 is 0 Å². The molecule has 0 fully saturated rings. The van der Waals surface area contributed by atoms with E-state index >= 15 is 0 Å². The fourth-order valence-electron chi connectivity index (χ4n) is 1.71. The SMILES string of the molecule is Cc1ccc(S)c(CCOc2ccccc2)c1. The molecular weight excluding hydrogens is 228 g/mol. The maximum atomic E-state index is 5.67. The Hall–Kier alpha value is -1.41. The average molecular weight is 244 g/mol. The number of aryl methyl sites for hydroxylation is 1. The van der Waals surface area contributed by atoms with Crippen LogP contribution in [0.2, 0.25) is 0 Å². The van der Waals surface area contributed by atoms with Gasteiger partial charge in [-0.1, -0.05) is 35.9 Å². The van der Waals surface area contributed by atoms with E-state index in [2.05, 4.69) is 31.7 Å². The highest BCUT2D eigenvalue weighted by Crippen LogP contribution is 2.17. The first-order chi connectivity index (χ1) is 8.25. The maximum absolute atomic E-state index is 5.67.